The van der Waals surface area contributed by atoms with E-state index in [4.69, 9.17) is 24.8 Å². The van der Waals surface area contributed by atoms with E-state index in [0.29, 0.717) is 6.04 Å². The van der Waals surface area contributed by atoms with Gasteiger partial charge in [-0.25, -0.2) is 19.6 Å². The van der Waals surface area contributed by atoms with E-state index in [9.17, 15) is 26.3 Å². The normalized spacial score (nSPS) is 17.5. The topological polar surface area (TPSA) is 112 Å². The molecule has 2 aliphatic heterocycles. The largest absolute Gasteiger partial charge is 0.490 e. The molecule has 1 spiro atoms. The maximum atomic E-state index is 10.6. The smallest absolute Gasteiger partial charge is 0.475 e. The zero-order valence-electron chi connectivity index (χ0n) is 22.7. The van der Waals surface area contributed by atoms with Gasteiger partial charge in [-0.05, 0) is 60.7 Å². The molecule has 0 unspecified atom stereocenters. The summed E-state index contributed by atoms with van der Waals surface area (Å²) in [6, 6.07) is 0.458. The van der Waals surface area contributed by atoms with Gasteiger partial charge in [-0.1, -0.05) is 0 Å². The fourth-order valence-electron chi connectivity index (χ4n) is 4.86. The first-order chi connectivity index (χ1) is 18.3. The Kier molecular flexibility index (Phi) is 10.8. The number of hydrogen-bond acceptors (Lipinski definition) is 7. The van der Waals surface area contributed by atoms with E-state index in [0.717, 1.165) is 19.6 Å². The summed E-state index contributed by atoms with van der Waals surface area (Å²) in [5.74, 6) is -4.33. The molecule has 2 aromatic heterocycles. The van der Waals surface area contributed by atoms with Gasteiger partial charge in [0.05, 0.1) is 22.6 Å². The van der Waals surface area contributed by atoms with Crippen molar-refractivity contribution in [3.63, 3.8) is 0 Å². The van der Waals surface area contributed by atoms with Crippen LogP contribution >= 0.6 is 11.3 Å². The number of aliphatic carboxylic acids is 2. The van der Waals surface area contributed by atoms with Gasteiger partial charge < -0.3 is 19.7 Å². The molecule has 0 saturated carbocycles. The van der Waals surface area contributed by atoms with Crippen molar-refractivity contribution in [2.75, 3.05) is 26.7 Å². The number of imidazole rings is 1. The Morgan fingerprint density at radius 2 is 1.55 bits per heavy atom. The van der Waals surface area contributed by atoms with E-state index < -0.39 is 24.3 Å². The van der Waals surface area contributed by atoms with Gasteiger partial charge in [0, 0.05) is 36.0 Å². The molecule has 1 saturated heterocycles. The number of alkyl halides is 6. The van der Waals surface area contributed by atoms with Gasteiger partial charge in [0.2, 0.25) is 0 Å². The van der Waals surface area contributed by atoms with E-state index >= 15 is 0 Å². The van der Waals surface area contributed by atoms with E-state index in [1.807, 2.05) is 5.51 Å². The lowest BCUT2D eigenvalue weighted by molar-refractivity contribution is -0.193. The van der Waals surface area contributed by atoms with Gasteiger partial charge in [-0.15, -0.1) is 11.3 Å². The highest BCUT2D eigenvalue weighted by molar-refractivity contribution is 7.09. The molecule has 0 radical (unpaired) electrons. The molecular formula is C24H33F6N5O4S. The molecule has 226 valence electrons. The number of likely N-dealkylation sites (tertiary alicyclic amines) is 1. The lowest BCUT2D eigenvalue weighted by atomic mass is 9.72. The standard InChI is InChI=1S/C20H31N5S.2C2HF3O2/c1-14(2)25-16(4)22-19-17(25)10-24(11-18-15(3)21-13-26-18)12-20(19)6-8-23(5)9-7-20;2*3-2(4,5)1(6)7/h13-14H,6-12H2,1-5H3;2*(H,6,7). The average Bonchev–Trinajstić information content (AvgIpc) is 3.38. The quantitative estimate of drug-likeness (QED) is 0.484. The highest BCUT2D eigenvalue weighted by Gasteiger charge is 2.45. The van der Waals surface area contributed by atoms with E-state index in [1.165, 1.54) is 53.7 Å². The van der Waals surface area contributed by atoms with Gasteiger partial charge >= 0.3 is 24.3 Å². The van der Waals surface area contributed by atoms with Crippen LogP contribution in [0.3, 0.4) is 0 Å². The minimum absolute atomic E-state index is 0.212. The summed E-state index contributed by atoms with van der Waals surface area (Å²) >= 11 is 1.79. The van der Waals surface area contributed by atoms with Crippen molar-refractivity contribution < 1.29 is 46.1 Å². The summed E-state index contributed by atoms with van der Waals surface area (Å²) in [6.45, 7) is 14.3. The number of carboxylic acids is 2. The number of nitrogens with zero attached hydrogens (tertiary/aromatic N) is 5. The molecule has 2 aliphatic rings. The van der Waals surface area contributed by atoms with E-state index in [1.54, 1.807) is 11.3 Å². The van der Waals surface area contributed by atoms with Crippen LogP contribution in [-0.4, -0.2) is 85.5 Å². The van der Waals surface area contributed by atoms with Crippen LogP contribution in [0, 0.1) is 13.8 Å². The van der Waals surface area contributed by atoms with Crippen LogP contribution in [0.15, 0.2) is 5.51 Å². The molecule has 2 N–H and O–H groups in total. The Labute approximate surface area is 231 Å². The third-order valence-corrected chi connectivity index (χ3v) is 7.67. The maximum absolute atomic E-state index is 10.6. The highest BCUT2D eigenvalue weighted by Crippen LogP contribution is 2.42. The molecule has 0 amide bonds. The summed E-state index contributed by atoms with van der Waals surface area (Å²) < 4.78 is 65.9. The molecule has 0 aromatic carbocycles. The number of thiazole rings is 1. The SMILES string of the molecule is Cc1ncsc1CN1Cc2c(nc(C)n2C(C)C)C2(CCN(C)CC2)C1.O=C(O)C(F)(F)F.O=C(O)C(F)(F)F. The molecule has 1 fully saturated rings. The van der Waals surface area contributed by atoms with Crippen molar-refractivity contribution >= 4 is 23.3 Å². The summed E-state index contributed by atoms with van der Waals surface area (Å²) in [6.07, 6.45) is -7.74. The molecule has 0 atom stereocenters. The number of aryl methyl sites for hydroxylation is 2. The van der Waals surface area contributed by atoms with E-state index in [-0.39, 0.29) is 5.41 Å². The van der Waals surface area contributed by atoms with Crippen molar-refractivity contribution in [1.29, 1.82) is 0 Å². The second kappa shape index (κ2) is 12.9. The minimum Gasteiger partial charge on any atom is -0.475 e. The first kappa shape index (κ1) is 33.5. The fourth-order valence-corrected chi connectivity index (χ4v) is 5.67. The lowest BCUT2D eigenvalue weighted by Crippen LogP contribution is -2.51. The number of piperidine rings is 1. The molecule has 0 aliphatic carbocycles. The lowest BCUT2D eigenvalue weighted by Gasteiger charge is -2.46. The zero-order chi connectivity index (χ0) is 30.6. The van der Waals surface area contributed by atoms with Crippen molar-refractivity contribution in [3.05, 3.63) is 33.3 Å². The number of hydrogen-bond donors (Lipinski definition) is 2. The number of fused-ring (bicyclic) bond motifs is 2. The van der Waals surface area contributed by atoms with Gasteiger partial charge in [0.25, 0.3) is 0 Å². The minimum atomic E-state index is -5.08. The summed E-state index contributed by atoms with van der Waals surface area (Å²) in [5, 5.41) is 14.2. The molecule has 0 bridgehead atoms. The van der Waals surface area contributed by atoms with Crippen molar-refractivity contribution in [1.82, 2.24) is 24.3 Å². The number of carbonyl (C=O) groups is 2. The molecular weight excluding hydrogens is 568 g/mol. The molecule has 4 heterocycles. The molecule has 2 aromatic rings. The first-order valence-electron chi connectivity index (χ1n) is 12.3. The maximum Gasteiger partial charge on any atom is 0.490 e. The highest BCUT2D eigenvalue weighted by atomic mass is 32.1. The van der Waals surface area contributed by atoms with Crippen molar-refractivity contribution in [3.8, 4) is 0 Å². The predicted octanol–water partition coefficient (Wildman–Crippen LogP) is 4.78. The zero-order valence-corrected chi connectivity index (χ0v) is 23.5. The van der Waals surface area contributed by atoms with Crippen LogP contribution in [0.4, 0.5) is 26.3 Å². The number of carboxylic acid groups (broad SMARTS) is 2. The molecule has 16 heteroatoms. The number of halogens is 6. The van der Waals surface area contributed by atoms with Crippen LogP contribution in [0.1, 0.15) is 60.5 Å². The van der Waals surface area contributed by atoms with Crippen LogP contribution < -0.4 is 0 Å². The summed E-state index contributed by atoms with van der Waals surface area (Å²) in [7, 11) is 2.24. The number of rotatable bonds is 3. The van der Waals surface area contributed by atoms with Crippen molar-refractivity contribution in [2.45, 2.75) is 77.4 Å². The Bertz CT molecular complexity index is 1150. The van der Waals surface area contributed by atoms with Crippen LogP contribution in [0.2, 0.25) is 0 Å². The Morgan fingerprint density at radius 1 is 1.05 bits per heavy atom. The summed E-state index contributed by atoms with van der Waals surface area (Å²) in [5.41, 5.74) is 6.23. The fraction of sp³-hybridized carbons (Fsp3) is 0.667. The Balaban J connectivity index is 0.000000333. The van der Waals surface area contributed by atoms with Gasteiger partial charge in [0.1, 0.15) is 5.82 Å². The second-order valence-corrected chi connectivity index (χ2v) is 11.1. The average molecular weight is 602 g/mol. The van der Waals surface area contributed by atoms with Crippen LogP contribution in [0.25, 0.3) is 0 Å². The van der Waals surface area contributed by atoms with Crippen LogP contribution in [0.5, 0.6) is 0 Å². The molecule has 9 nitrogen and oxygen atoms in total. The van der Waals surface area contributed by atoms with E-state index in [2.05, 4.69) is 54.1 Å². The van der Waals surface area contributed by atoms with Crippen molar-refractivity contribution in [2.24, 2.45) is 0 Å². The van der Waals surface area contributed by atoms with Gasteiger partial charge in [0.15, 0.2) is 0 Å². The molecule has 40 heavy (non-hydrogen) atoms. The molecule has 4 rings (SSSR count). The Morgan fingerprint density at radius 3 is 1.95 bits per heavy atom. The second-order valence-electron chi connectivity index (χ2n) is 10.1. The summed E-state index contributed by atoms with van der Waals surface area (Å²) in [4.78, 5) is 33.9. The van der Waals surface area contributed by atoms with Gasteiger partial charge in [-0.2, -0.15) is 26.3 Å². The third kappa shape index (κ3) is 8.39. The van der Waals surface area contributed by atoms with Gasteiger partial charge in [-0.3, -0.25) is 4.90 Å². The third-order valence-electron chi connectivity index (χ3n) is 6.75. The predicted molar refractivity (Wildman–Crippen MR) is 134 cm³/mol. The van der Waals surface area contributed by atoms with Crippen LogP contribution in [-0.2, 0) is 28.1 Å². The first-order valence-corrected chi connectivity index (χ1v) is 13.1. The Hall–Kier alpha value is -2.72. The monoisotopic (exact) mass is 601 g/mol. The number of aromatic nitrogens is 3.